The first-order chi connectivity index (χ1) is 7.51. The zero-order valence-corrected chi connectivity index (χ0v) is 9.04. The molecule has 0 aromatic rings. The molecule has 1 saturated heterocycles. The minimum Gasteiger partial charge on any atom is -0.394 e. The smallest absolute Gasteiger partial charge is 0.235 e. The van der Waals surface area contributed by atoms with Crippen LogP contribution in [0.5, 0.6) is 0 Å². The van der Waals surface area contributed by atoms with Gasteiger partial charge in [-0.3, -0.25) is 4.79 Å². The van der Waals surface area contributed by atoms with Gasteiger partial charge in [-0.05, 0) is 0 Å². The molecule has 0 spiro atoms. The van der Waals surface area contributed by atoms with Crippen LogP contribution in [0, 0.1) is 0 Å². The Hall–Kier alpha value is -0.440. The molecule has 3 unspecified atom stereocenters. The molecular formula is C8H14ClNO6. The maximum atomic E-state index is 11.0. The van der Waals surface area contributed by atoms with E-state index in [4.69, 9.17) is 21.4 Å². The van der Waals surface area contributed by atoms with Crippen molar-refractivity contribution in [3.8, 4) is 0 Å². The topological polar surface area (TPSA) is 119 Å². The van der Waals surface area contributed by atoms with Crippen molar-refractivity contribution in [3.63, 3.8) is 0 Å². The van der Waals surface area contributed by atoms with Gasteiger partial charge in [0, 0.05) is 0 Å². The number of hydrogen-bond donors (Lipinski definition) is 5. The van der Waals surface area contributed by atoms with Gasteiger partial charge in [0.1, 0.15) is 30.2 Å². The summed E-state index contributed by atoms with van der Waals surface area (Å²) in [6, 6.07) is -1.18. The van der Waals surface area contributed by atoms with E-state index in [0.717, 1.165) is 0 Å². The summed E-state index contributed by atoms with van der Waals surface area (Å²) >= 11 is 5.24. The Labute approximate surface area is 96.6 Å². The van der Waals surface area contributed by atoms with Gasteiger partial charge in [-0.15, -0.1) is 11.6 Å². The first-order valence-electron chi connectivity index (χ1n) is 4.67. The van der Waals surface area contributed by atoms with Crippen molar-refractivity contribution >= 4 is 17.5 Å². The summed E-state index contributed by atoms with van der Waals surface area (Å²) in [7, 11) is 0. The highest BCUT2D eigenvalue weighted by atomic mass is 35.5. The highest BCUT2D eigenvalue weighted by Gasteiger charge is 2.44. The molecule has 1 aliphatic rings. The van der Waals surface area contributed by atoms with Gasteiger partial charge in [0.25, 0.3) is 0 Å². The first-order valence-corrected chi connectivity index (χ1v) is 5.20. The van der Waals surface area contributed by atoms with Crippen LogP contribution in [-0.4, -0.2) is 69.5 Å². The number of carbonyl (C=O) groups excluding carboxylic acids is 1. The fourth-order valence-corrected chi connectivity index (χ4v) is 1.55. The summed E-state index contributed by atoms with van der Waals surface area (Å²) in [5, 5.41) is 39.5. The maximum Gasteiger partial charge on any atom is 0.235 e. The lowest BCUT2D eigenvalue weighted by atomic mass is 9.97. The van der Waals surface area contributed by atoms with Crippen LogP contribution in [0.3, 0.4) is 0 Å². The van der Waals surface area contributed by atoms with E-state index in [9.17, 15) is 20.1 Å². The van der Waals surface area contributed by atoms with E-state index < -0.39 is 43.2 Å². The molecule has 0 bridgehead atoms. The molecule has 0 aliphatic carbocycles. The Kier molecular flexibility index (Phi) is 4.90. The minimum atomic E-state index is -1.51. The van der Waals surface area contributed by atoms with E-state index in [0.29, 0.717) is 0 Å². The predicted molar refractivity (Wildman–Crippen MR) is 52.6 cm³/mol. The van der Waals surface area contributed by atoms with Gasteiger partial charge in [-0.1, -0.05) is 0 Å². The molecule has 5 atom stereocenters. The summed E-state index contributed by atoms with van der Waals surface area (Å²) < 4.78 is 4.81. The molecule has 1 rings (SSSR count). The zero-order chi connectivity index (χ0) is 12.3. The van der Waals surface area contributed by atoms with Gasteiger partial charge >= 0.3 is 0 Å². The van der Waals surface area contributed by atoms with Gasteiger partial charge in [0.15, 0.2) is 6.29 Å². The maximum absolute atomic E-state index is 11.0. The highest BCUT2D eigenvalue weighted by Crippen LogP contribution is 2.19. The molecule has 0 aromatic heterocycles. The molecular weight excluding hydrogens is 242 g/mol. The molecule has 1 heterocycles. The summed E-state index contributed by atoms with van der Waals surface area (Å²) in [4.78, 5) is 11.0. The van der Waals surface area contributed by atoms with Crippen LogP contribution in [0.2, 0.25) is 0 Å². The molecule has 94 valence electrons. The van der Waals surface area contributed by atoms with Crippen molar-refractivity contribution in [1.29, 1.82) is 0 Å². The van der Waals surface area contributed by atoms with Gasteiger partial charge < -0.3 is 30.5 Å². The molecule has 5 N–H and O–H groups in total. The van der Waals surface area contributed by atoms with E-state index in [1.54, 1.807) is 0 Å². The number of aliphatic hydroxyl groups excluding tert-OH is 4. The highest BCUT2D eigenvalue weighted by molar-refractivity contribution is 6.27. The third-order valence-electron chi connectivity index (χ3n) is 2.35. The van der Waals surface area contributed by atoms with E-state index in [2.05, 4.69) is 5.32 Å². The Bertz CT molecular complexity index is 253. The van der Waals surface area contributed by atoms with Crippen LogP contribution in [0.25, 0.3) is 0 Å². The third-order valence-corrected chi connectivity index (χ3v) is 2.59. The van der Waals surface area contributed by atoms with Crippen molar-refractivity contribution in [3.05, 3.63) is 0 Å². The van der Waals surface area contributed by atoms with Gasteiger partial charge in [-0.2, -0.15) is 0 Å². The molecule has 0 saturated carbocycles. The first kappa shape index (κ1) is 13.6. The lowest BCUT2D eigenvalue weighted by Crippen LogP contribution is -2.64. The molecule has 1 amide bonds. The number of alkyl halides is 1. The normalized spacial score (nSPS) is 39.4. The number of rotatable bonds is 3. The van der Waals surface area contributed by atoms with Gasteiger partial charge in [0.05, 0.1) is 6.61 Å². The van der Waals surface area contributed by atoms with E-state index >= 15 is 0 Å². The molecule has 7 nitrogen and oxygen atoms in total. The molecule has 0 radical (unpaired) electrons. The number of carbonyl (C=O) groups is 1. The van der Waals surface area contributed by atoms with E-state index in [-0.39, 0.29) is 5.88 Å². The number of halogens is 1. The molecule has 16 heavy (non-hydrogen) atoms. The number of ether oxygens (including phenoxy) is 1. The summed E-state index contributed by atoms with van der Waals surface area (Å²) in [5.41, 5.74) is 0. The second-order valence-corrected chi connectivity index (χ2v) is 3.72. The van der Waals surface area contributed by atoms with Gasteiger partial charge in [0.2, 0.25) is 5.91 Å². The minimum absolute atomic E-state index is 0.338. The Morgan fingerprint density at radius 1 is 1.31 bits per heavy atom. The van der Waals surface area contributed by atoms with Crippen LogP contribution >= 0.6 is 11.6 Å². The Morgan fingerprint density at radius 3 is 2.44 bits per heavy atom. The molecule has 1 fully saturated rings. The van der Waals surface area contributed by atoms with Crippen molar-refractivity contribution in [1.82, 2.24) is 5.32 Å². The average Bonchev–Trinajstić information content (AvgIpc) is 2.28. The van der Waals surface area contributed by atoms with Crippen LogP contribution < -0.4 is 5.32 Å². The molecule has 1 aliphatic heterocycles. The number of amides is 1. The standard InChI is InChI=1S/C8H14ClNO6/c9-1-4(12)10-5-7(14)6(13)3(2-11)16-8(5)15/h3,5-8,11,13-15H,1-2H2,(H,10,12)/t3?,5-,6?,7-,8?/m1/s1. The Balaban J connectivity index is 2.67. The number of nitrogens with one attached hydrogen (secondary N) is 1. The summed E-state index contributed by atoms with van der Waals surface area (Å²) in [6.07, 6.45) is -5.43. The van der Waals surface area contributed by atoms with Crippen LogP contribution in [0.4, 0.5) is 0 Å². The van der Waals surface area contributed by atoms with Crippen molar-refractivity contribution in [2.45, 2.75) is 30.6 Å². The van der Waals surface area contributed by atoms with E-state index in [1.807, 2.05) is 0 Å². The third kappa shape index (κ3) is 2.82. The van der Waals surface area contributed by atoms with Gasteiger partial charge in [-0.25, -0.2) is 0 Å². The fraction of sp³-hybridized carbons (Fsp3) is 0.875. The summed E-state index contributed by atoms with van der Waals surface area (Å²) in [5.74, 6) is -0.946. The van der Waals surface area contributed by atoms with E-state index in [1.165, 1.54) is 0 Å². The Morgan fingerprint density at radius 2 is 1.94 bits per heavy atom. The number of aliphatic hydroxyl groups is 4. The van der Waals surface area contributed by atoms with Crippen LogP contribution in [0.15, 0.2) is 0 Å². The number of hydrogen-bond acceptors (Lipinski definition) is 6. The second-order valence-electron chi connectivity index (χ2n) is 3.46. The van der Waals surface area contributed by atoms with Crippen molar-refractivity contribution in [2.24, 2.45) is 0 Å². The van der Waals surface area contributed by atoms with Crippen molar-refractivity contribution in [2.75, 3.05) is 12.5 Å². The average molecular weight is 256 g/mol. The fourth-order valence-electron chi connectivity index (χ4n) is 1.48. The quantitative estimate of drug-likeness (QED) is 0.346. The lowest BCUT2D eigenvalue weighted by molar-refractivity contribution is -0.253. The largest absolute Gasteiger partial charge is 0.394 e. The lowest BCUT2D eigenvalue weighted by Gasteiger charge is -2.40. The zero-order valence-electron chi connectivity index (χ0n) is 8.28. The summed E-state index contributed by atoms with van der Waals surface area (Å²) in [6.45, 7) is -0.550. The molecule has 8 heteroatoms. The molecule has 0 aromatic carbocycles. The van der Waals surface area contributed by atoms with Crippen LogP contribution in [0.1, 0.15) is 0 Å². The SMILES string of the molecule is O=C(CCl)N[C@H]1C(O)OC(CO)C(O)[C@@H]1O. The van der Waals surface area contributed by atoms with Crippen molar-refractivity contribution < 1.29 is 30.0 Å². The second kappa shape index (κ2) is 5.76. The monoisotopic (exact) mass is 255 g/mol. The van der Waals surface area contributed by atoms with Crippen LogP contribution in [-0.2, 0) is 9.53 Å². The predicted octanol–water partition coefficient (Wildman–Crippen LogP) is -2.86.